The summed E-state index contributed by atoms with van der Waals surface area (Å²) in [4.78, 5) is 13.3. The molecule has 11 atom stereocenters. The molecule has 8 rings (SSSR count). The van der Waals surface area contributed by atoms with E-state index in [-0.39, 0.29) is 39.6 Å². The first-order valence-corrected chi connectivity index (χ1v) is 22.3. The smallest absolute Gasteiger partial charge is 0.274 e. The zero-order chi connectivity index (χ0) is 45.2. The van der Waals surface area contributed by atoms with Crippen molar-refractivity contribution in [3.63, 3.8) is 0 Å². The summed E-state index contributed by atoms with van der Waals surface area (Å²) in [5.41, 5.74) is 1.00. The summed E-state index contributed by atoms with van der Waals surface area (Å²) < 4.78 is 72.7. The molecule has 0 aromatic heterocycles. The van der Waals surface area contributed by atoms with E-state index in [4.69, 9.17) is 77.4 Å². The van der Waals surface area contributed by atoms with E-state index in [1.165, 1.54) is 0 Å². The highest BCUT2D eigenvalue weighted by Gasteiger charge is 2.62. The second kappa shape index (κ2) is 22.2. The second-order valence-corrected chi connectivity index (χ2v) is 18.1. The number of nitrogens with one attached hydrogen (secondary N) is 1. The lowest BCUT2D eigenvalue weighted by atomic mass is 9.92. The van der Waals surface area contributed by atoms with E-state index in [0.29, 0.717) is 5.56 Å². The molecule has 344 valence electrons. The fourth-order valence-electron chi connectivity index (χ4n) is 7.92. The first-order valence-electron chi connectivity index (χ1n) is 21.2. The third-order valence-corrected chi connectivity index (χ3v) is 11.7. The van der Waals surface area contributed by atoms with Crippen LogP contribution in [0.4, 0.5) is 4.39 Å². The maximum absolute atomic E-state index is 16.7. The van der Waals surface area contributed by atoms with Gasteiger partial charge in [0.15, 0.2) is 12.6 Å². The van der Waals surface area contributed by atoms with E-state index in [9.17, 15) is 9.90 Å². The second-order valence-electron chi connectivity index (χ2n) is 15.8. The van der Waals surface area contributed by atoms with Crippen molar-refractivity contribution in [2.75, 3.05) is 13.2 Å². The Kier molecular flexibility index (Phi) is 16.2. The molecule has 12 nitrogen and oxygen atoms in total. The van der Waals surface area contributed by atoms with E-state index >= 15 is 4.39 Å². The summed E-state index contributed by atoms with van der Waals surface area (Å²) >= 11 is 17.9. The number of aliphatic hydroxyl groups is 1. The zero-order valence-corrected chi connectivity index (χ0v) is 37.3. The average molecular weight is 953 g/mol. The van der Waals surface area contributed by atoms with Gasteiger partial charge >= 0.3 is 0 Å². The molecule has 65 heavy (non-hydrogen) atoms. The number of hydrogen-bond acceptors (Lipinski definition) is 11. The first kappa shape index (κ1) is 47.5. The Hall–Kier alpha value is -4.03. The molecule has 1 unspecified atom stereocenters. The van der Waals surface area contributed by atoms with E-state index in [2.05, 4.69) is 5.32 Å². The van der Waals surface area contributed by atoms with Crippen molar-refractivity contribution in [3.05, 3.63) is 179 Å². The summed E-state index contributed by atoms with van der Waals surface area (Å²) in [6, 6.07) is 46.9. The van der Waals surface area contributed by atoms with Gasteiger partial charge in [-0.15, -0.1) is 0 Å². The Morgan fingerprint density at radius 2 is 1.15 bits per heavy atom. The molecule has 0 bridgehead atoms. The monoisotopic (exact) mass is 951 g/mol. The van der Waals surface area contributed by atoms with E-state index < -0.39 is 77.1 Å². The lowest BCUT2D eigenvalue weighted by Crippen LogP contribution is -2.75. The largest absolute Gasteiger partial charge is 0.374 e. The maximum atomic E-state index is 16.7. The van der Waals surface area contributed by atoms with Gasteiger partial charge in [-0.1, -0.05) is 186 Å². The van der Waals surface area contributed by atoms with Crippen molar-refractivity contribution in [2.24, 2.45) is 0 Å². The third kappa shape index (κ3) is 12.1. The predicted octanol–water partition coefficient (Wildman–Crippen LogP) is 8.05. The number of fused-ring (bicyclic) bond motifs is 1. The highest BCUT2D eigenvalue weighted by Crippen LogP contribution is 2.41. The molecule has 3 fully saturated rings. The van der Waals surface area contributed by atoms with Crippen LogP contribution in [0.25, 0.3) is 0 Å². The number of carbonyl (C=O) groups is 1. The summed E-state index contributed by atoms with van der Waals surface area (Å²) in [6.07, 6.45) is -12.8. The highest BCUT2D eigenvalue weighted by molar-refractivity contribution is 6.76. The van der Waals surface area contributed by atoms with E-state index in [0.717, 1.165) is 22.3 Å². The van der Waals surface area contributed by atoms with Crippen molar-refractivity contribution in [2.45, 2.75) is 97.6 Å². The topological polar surface area (TPSA) is 132 Å². The lowest BCUT2D eigenvalue weighted by Gasteiger charge is -2.52. The SMILES string of the molecule is O=C(N[C@]1(O)[C@@H](F)O[C@H](COCc2ccccc2)[C@@H](O[C@@H]2O[C@@H]3COC(c4ccccc4)O[C@@H]3[C@H](OCc3ccccc3)[C@H]2OCc2ccccc2)[C@@H]1OCc1ccccc1)C(Cl)(Cl)Cl. The lowest BCUT2D eigenvalue weighted by molar-refractivity contribution is -0.400. The summed E-state index contributed by atoms with van der Waals surface area (Å²) in [6.45, 7) is -0.0402. The quantitative estimate of drug-likeness (QED) is 0.0694. The number of rotatable bonds is 17. The van der Waals surface area contributed by atoms with Crippen molar-refractivity contribution >= 4 is 40.7 Å². The highest BCUT2D eigenvalue weighted by atomic mass is 35.6. The number of carbonyl (C=O) groups excluding carboxylic acids is 1. The van der Waals surface area contributed by atoms with Crippen molar-refractivity contribution in [1.29, 1.82) is 0 Å². The van der Waals surface area contributed by atoms with Gasteiger partial charge in [-0.3, -0.25) is 4.79 Å². The molecule has 0 spiro atoms. The van der Waals surface area contributed by atoms with Crippen LogP contribution < -0.4 is 5.32 Å². The Morgan fingerprint density at radius 1 is 0.662 bits per heavy atom. The number of hydrogen-bond donors (Lipinski definition) is 2. The van der Waals surface area contributed by atoms with Gasteiger partial charge in [0.1, 0.15) is 42.7 Å². The zero-order valence-electron chi connectivity index (χ0n) is 35.0. The average Bonchev–Trinajstić information content (AvgIpc) is 3.32. The molecule has 3 heterocycles. The summed E-state index contributed by atoms with van der Waals surface area (Å²) in [5.74, 6) is -1.35. The molecular formula is C49H49Cl3FNO11. The molecule has 3 aliphatic heterocycles. The molecule has 2 N–H and O–H groups in total. The van der Waals surface area contributed by atoms with Crippen LogP contribution in [0.15, 0.2) is 152 Å². The summed E-state index contributed by atoms with van der Waals surface area (Å²) in [5, 5.41) is 14.5. The Bertz CT molecular complexity index is 2220. The number of ether oxygens (including phenoxy) is 9. The minimum absolute atomic E-state index is 0.0508. The predicted molar refractivity (Wildman–Crippen MR) is 238 cm³/mol. The maximum Gasteiger partial charge on any atom is 0.274 e. The molecular weight excluding hydrogens is 904 g/mol. The van der Waals surface area contributed by atoms with Crippen LogP contribution in [0.1, 0.15) is 34.1 Å². The molecule has 5 aromatic carbocycles. The van der Waals surface area contributed by atoms with E-state index in [1.54, 1.807) is 24.3 Å². The van der Waals surface area contributed by atoms with Gasteiger partial charge in [-0.2, -0.15) is 0 Å². The first-order chi connectivity index (χ1) is 31.5. The minimum atomic E-state index is -3.00. The Balaban J connectivity index is 1.18. The molecule has 5 aromatic rings. The molecule has 0 saturated carbocycles. The Labute approximate surface area is 391 Å². The summed E-state index contributed by atoms with van der Waals surface area (Å²) in [7, 11) is 0. The number of amides is 1. The van der Waals surface area contributed by atoms with Gasteiger partial charge in [0.25, 0.3) is 9.70 Å². The van der Waals surface area contributed by atoms with Gasteiger partial charge in [0.05, 0.1) is 39.6 Å². The van der Waals surface area contributed by atoms with Gasteiger partial charge in [0, 0.05) is 5.56 Å². The van der Waals surface area contributed by atoms with Crippen LogP contribution in [-0.4, -0.2) is 89.1 Å². The van der Waals surface area contributed by atoms with Gasteiger partial charge in [-0.25, -0.2) is 4.39 Å². The van der Waals surface area contributed by atoms with Gasteiger partial charge in [-0.05, 0) is 22.3 Å². The molecule has 16 heteroatoms. The van der Waals surface area contributed by atoms with Crippen molar-refractivity contribution in [3.8, 4) is 0 Å². The van der Waals surface area contributed by atoms with Crippen LogP contribution in [-0.2, 0) is 73.9 Å². The fourth-order valence-corrected chi connectivity index (χ4v) is 8.06. The van der Waals surface area contributed by atoms with Crippen LogP contribution in [0, 0.1) is 0 Å². The molecule has 0 aliphatic carbocycles. The Morgan fingerprint density at radius 3 is 1.69 bits per heavy atom. The van der Waals surface area contributed by atoms with Gasteiger partial charge < -0.3 is 53.1 Å². The molecule has 3 saturated heterocycles. The number of halogens is 4. The minimum Gasteiger partial charge on any atom is -0.374 e. The number of benzene rings is 5. The van der Waals surface area contributed by atoms with Gasteiger partial charge in [0.2, 0.25) is 12.1 Å². The standard InChI is InChI=1S/C49H49Cl3FNO11/c50-49(51,52)47(55)54-48(56)43(60-29-35-22-12-4-13-23-35)40(37(63-46(48)53)30-57-26-32-16-6-1-7-17-32)65-45-42(59-28-34-20-10-3-11-21-34)41(58-27-33-18-8-2-9-19-33)39-38(62-45)31-61-44(64-39)36-24-14-5-15-25-36/h1-25,37-46,56H,26-31H2,(H,54,55)/t37-,38-,39+,40-,41+,42-,43+,44?,45+,46+,48-/m1/s1. The third-order valence-electron chi connectivity index (χ3n) is 11.2. The van der Waals surface area contributed by atoms with E-state index in [1.807, 2.05) is 127 Å². The molecule has 1 amide bonds. The normalized spacial score (nSPS) is 29.1. The van der Waals surface area contributed by atoms with Crippen LogP contribution >= 0.6 is 34.8 Å². The fraction of sp³-hybridized carbons (Fsp3) is 0.367. The van der Waals surface area contributed by atoms with Crippen molar-refractivity contribution in [1.82, 2.24) is 5.32 Å². The molecule has 3 aliphatic rings. The van der Waals surface area contributed by atoms with Crippen molar-refractivity contribution < 1.29 is 56.9 Å². The number of alkyl halides is 4. The van der Waals surface area contributed by atoms with Crippen LogP contribution in [0.3, 0.4) is 0 Å². The van der Waals surface area contributed by atoms with Crippen LogP contribution in [0.2, 0.25) is 0 Å². The van der Waals surface area contributed by atoms with Crippen LogP contribution in [0.5, 0.6) is 0 Å². The molecule has 0 radical (unpaired) electrons.